The quantitative estimate of drug-likeness (QED) is 0.811. The predicted molar refractivity (Wildman–Crippen MR) is 69.0 cm³/mol. The van der Waals surface area contributed by atoms with Crippen LogP contribution in [0.25, 0.3) is 10.9 Å². The molecule has 2 nitrogen and oxygen atoms in total. The Kier molecular flexibility index (Phi) is 2.81. The Labute approximate surface area is 101 Å². The summed E-state index contributed by atoms with van der Waals surface area (Å²) in [7, 11) is 0. The van der Waals surface area contributed by atoms with Crippen LogP contribution in [0.15, 0.2) is 36.4 Å². The molecule has 1 fully saturated rings. The molecule has 0 aliphatic heterocycles. The summed E-state index contributed by atoms with van der Waals surface area (Å²) in [4.78, 5) is 4.69. The second kappa shape index (κ2) is 4.46. The van der Waals surface area contributed by atoms with E-state index in [4.69, 9.17) is 0 Å². The number of para-hydroxylation sites is 1. The third kappa shape index (κ3) is 2.05. The van der Waals surface area contributed by atoms with Gasteiger partial charge in [0, 0.05) is 17.0 Å². The lowest BCUT2D eigenvalue weighted by Crippen LogP contribution is -2.23. The predicted octanol–water partition coefficient (Wildman–Crippen LogP) is 3.25. The first-order chi connectivity index (χ1) is 8.34. The molecule has 1 aromatic heterocycles. The Balaban J connectivity index is 1.99. The van der Waals surface area contributed by atoms with Crippen molar-refractivity contribution >= 4 is 10.9 Å². The summed E-state index contributed by atoms with van der Waals surface area (Å²) in [5.74, 6) is 0.230. The molecule has 2 atom stereocenters. The molecule has 3 rings (SSSR count). The molecular weight excluding hydrogens is 210 g/mol. The van der Waals surface area contributed by atoms with E-state index in [2.05, 4.69) is 23.2 Å². The molecule has 0 saturated heterocycles. The normalized spacial score (nSPS) is 25.0. The number of benzene rings is 1. The SMILES string of the molecule is O[C@@H]1CCCC[C@@H]1c1ccc2ccccc2n1. The van der Waals surface area contributed by atoms with Gasteiger partial charge < -0.3 is 5.11 Å². The Morgan fingerprint density at radius 2 is 1.82 bits per heavy atom. The number of pyridine rings is 1. The van der Waals surface area contributed by atoms with Crippen LogP contribution in [0, 0.1) is 0 Å². The molecule has 2 aromatic rings. The number of aliphatic hydroxyl groups excluding tert-OH is 1. The molecule has 0 spiro atoms. The van der Waals surface area contributed by atoms with Crippen molar-refractivity contribution in [1.82, 2.24) is 4.98 Å². The molecule has 2 heteroatoms. The fourth-order valence-electron chi connectivity index (χ4n) is 2.74. The number of nitrogens with zero attached hydrogens (tertiary/aromatic N) is 1. The average molecular weight is 227 g/mol. The molecule has 1 aliphatic carbocycles. The zero-order valence-electron chi connectivity index (χ0n) is 9.84. The largest absolute Gasteiger partial charge is 0.392 e. The van der Waals surface area contributed by atoms with Crippen LogP contribution in [0.5, 0.6) is 0 Å². The first kappa shape index (κ1) is 10.7. The van der Waals surface area contributed by atoms with Crippen LogP contribution >= 0.6 is 0 Å². The molecule has 88 valence electrons. The Hall–Kier alpha value is -1.41. The van der Waals surface area contributed by atoms with Gasteiger partial charge in [0.2, 0.25) is 0 Å². The summed E-state index contributed by atoms with van der Waals surface area (Å²) >= 11 is 0. The van der Waals surface area contributed by atoms with Gasteiger partial charge in [0.15, 0.2) is 0 Å². The number of hydrogen-bond acceptors (Lipinski definition) is 2. The Morgan fingerprint density at radius 1 is 1.00 bits per heavy atom. The summed E-state index contributed by atoms with van der Waals surface area (Å²) in [6.07, 6.45) is 4.12. The lowest BCUT2D eigenvalue weighted by Gasteiger charge is -2.27. The molecule has 0 amide bonds. The minimum absolute atomic E-state index is 0.211. The maximum Gasteiger partial charge on any atom is 0.0705 e. The molecule has 17 heavy (non-hydrogen) atoms. The lowest BCUT2D eigenvalue weighted by molar-refractivity contribution is 0.104. The van der Waals surface area contributed by atoms with Crippen molar-refractivity contribution in [2.24, 2.45) is 0 Å². The third-order valence-electron chi connectivity index (χ3n) is 3.73. The maximum absolute atomic E-state index is 10.1. The van der Waals surface area contributed by atoms with Gasteiger partial charge in [-0.3, -0.25) is 4.98 Å². The Bertz CT molecular complexity index is 523. The van der Waals surface area contributed by atoms with E-state index in [9.17, 15) is 5.11 Å². The van der Waals surface area contributed by atoms with Crippen LogP contribution in [0.1, 0.15) is 37.3 Å². The molecule has 0 radical (unpaired) electrons. The van der Waals surface area contributed by atoms with E-state index in [0.29, 0.717) is 0 Å². The van der Waals surface area contributed by atoms with Gasteiger partial charge in [-0.25, -0.2) is 0 Å². The van der Waals surface area contributed by atoms with Crippen molar-refractivity contribution in [3.05, 3.63) is 42.1 Å². The monoisotopic (exact) mass is 227 g/mol. The third-order valence-corrected chi connectivity index (χ3v) is 3.73. The molecule has 1 heterocycles. The summed E-state index contributed by atoms with van der Waals surface area (Å²) < 4.78 is 0. The average Bonchev–Trinajstić information content (AvgIpc) is 2.39. The second-order valence-electron chi connectivity index (χ2n) is 4.89. The van der Waals surface area contributed by atoms with Gasteiger partial charge in [0.1, 0.15) is 0 Å². The van der Waals surface area contributed by atoms with Crippen LogP contribution < -0.4 is 0 Å². The van der Waals surface area contributed by atoms with Gasteiger partial charge in [-0.15, -0.1) is 0 Å². The molecule has 1 N–H and O–H groups in total. The van der Waals surface area contributed by atoms with E-state index in [-0.39, 0.29) is 12.0 Å². The van der Waals surface area contributed by atoms with E-state index in [1.54, 1.807) is 0 Å². The highest BCUT2D eigenvalue weighted by Gasteiger charge is 2.25. The van der Waals surface area contributed by atoms with Gasteiger partial charge in [0.25, 0.3) is 0 Å². The highest BCUT2D eigenvalue weighted by Crippen LogP contribution is 2.32. The van der Waals surface area contributed by atoms with Crippen LogP contribution in [0.2, 0.25) is 0 Å². The van der Waals surface area contributed by atoms with Gasteiger partial charge in [-0.1, -0.05) is 37.1 Å². The minimum Gasteiger partial charge on any atom is -0.392 e. The van der Waals surface area contributed by atoms with Crippen molar-refractivity contribution in [2.45, 2.75) is 37.7 Å². The molecule has 1 saturated carbocycles. The number of fused-ring (bicyclic) bond motifs is 1. The number of hydrogen-bond donors (Lipinski definition) is 1. The highest BCUT2D eigenvalue weighted by molar-refractivity contribution is 5.78. The fraction of sp³-hybridized carbons (Fsp3) is 0.400. The molecule has 1 aromatic carbocycles. The smallest absolute Gasteiger partial charge is 0.0705 e. The van der Waals surface area contributed by atoms with Gasteiger partial charge in [0.05, 0.1) is 11.6 Å². The summed E-state index contributed by atoms with van der Waals surface area (Å²) in [5.41, 5.74) is 2.08. The second-order valence-corrected chi connectivity index (χ2v) is 4.89. The van der Waals surface area contributed by atoms with Gasteiger partial charge in [-0.2, -0.15) is 0 Å². The van der Waals surface area contributed by atoms with Crippen LogP contribution in [0.4, 0.5) is 0 Å². The van der Waals surface area contributed by atoms with Crippen LogP contribution in [0.3, 0.4) is 0 Å². The fourth-order valence-corrected chi connectivity index (χ4v) is 2.74. The van der Waals surface area contributed by atoms with Crippen molar-refractivity contribution in [3.8, 4) is 0 Å². The summed E-state index contributed by atoms with van der Waals surface area (Å²) in [5, 5.41) is 11.2. The zero-order chi connectivity index (χ0) is 11.7. The van der Waals surface area contributed by atoms with Crippen molar-refractivity contribution in [2.75, 3.05) is 0 Å². The van der Waals surface area contributed by atoms with Crippen molar-refractivity contribution in [3.63, 3.8) is 0 Å². The van der Waals surface area contributed by atoms with E-state index >= 15 is 0 Å². The van der Waals surface area contributed by atoms with E-state index < -0.39 is 0 Å². The van der Waals surface area contributed by atoms with E-state index in [1.807, 2.05) is 18.2 Å². The first-order valence-corrected chi connectivity index (χ1v) is 6.38. The highest BCUT2D eigenvalue weighted by atomic mass is 16.3. The van der Waals surface area contributed by atoms with Crippen LogP contribution in [-0.4, -0.2) is 16.2 Å². The molecule has 0 bridgehead atoms. The van der Waals surface area contributed by atoms with E-state index in [1.165, 1.54) is 11.8 Å². The first-order valence-electron chi connectivity index (χ1n) is 6.38. The Morgan fingerprint density at radius 3 is 2.71 bits per heavy atom. The summed E-state index contributed by atoms with van der Waals surface area (Å²) in [6.45, 7) is 0. The number of rotatable bonds is 1. The lowest BCUT2D eigenvalue weighted by atomic mass is 9.84. The molecule has 0 unspecified atom stereocenters. The van der Waals surface area contributed by atoms with Gasteiger partial charge >= 0.3 is 0 Å². The zero-order valence-corrected chi connectivity index (χ0v) is 9.84. The van der Waals surface area contributed by atoms with Crippen molar-refractivity contribution < 1.29 is 5.11 Å². The molecule has 1 aliphatic rings. The summed E-state index contributed by atoms with van der Waals surface area (Å²) in [6, 6.07) is 12.3. The van der Waals surface area contributed by atoms with Gasteiger partial charge in [-0.05, 0) is 25.0 Å². The standard InChI is InChI=1S/C15H17NO/c17-15-8-4-2-6-12(15)14-10-9-11-5-1-3-7-13(11)16-14/h1,3,5,7,9-10,12,15,17H,2,4,6,8H2/t12-,15-/m1/s1. The topological polar surface area (TPSA) is 33.1 Å². The maximum atomic E-state index is 10.1. The minimum atomic E-state index is -0.211. The molecular formula is C15H17NO. The van der Waals surface area contributed by atoms with Crippen molar-refractivity contribution in [1.29, 1.82) is 0 Å². The van der Waals surface area contributed by atoms with Crippen LogP contribution in [-0.2, 0) is 0 Å². The number of aliphatic hydroxyl groups is 1. The van der Waals surface area contributed by atoms with E-state index in [0.717, 1.165) is 30.5 Å². The number of aromatic nitrogens is 1.